The van der Waals surface area contributed by atoms with Crippen molar-refractivity contribution in [2.75, 3.05) is 45.8 Å². The Balaban J connectivity index is 0.00000272. The standard InChI is InChI=1S/C23H37N5O2.HI/c29-22(26-20-8-9-20)18-27-12-14-28(15-13-27)23(24-11-10-21-7-4-16-30-21)25-17-19-5-2-1-3-6-19;/h4,7,16,19-20H,1-3,5-6,8-15,17-18H2,(H,24,25)(H,26,29);1H. The fourth-order valence-electron chi connectivity index (χ4n) is 4.43. The summed E-state index contributed by atoms with van der Waals surface area (Å²) < 4.78 is 5.46. The van der Waals surface area contributed by atoms with E-state index < -0.39 is 0 Å². The van der Waals surface area contributed by atoms with Gasteiger partial charge in [0.2, 0.25) is 5.91 Å². The molecule has 7 nitrogen and oxygen atoms in total. The highest BCUT2D eigenvalue weighted by Gasteiger charge is 2.26. The molecule has 1 aromatic rings. The number of piperazine rings is 1. The first-order chi connectivity index (χ1) is 14.8. The van der Waals surface area contributed by atoms with E-state index >= 15 is 0 Å². The molecular formula is C23H38IN5O2. The molecule has 0 unspecified atom stereocenters. The van der Waals surface area contributed by atoms with Gasteiger partial charge >= 0.3 is 0 Å². The van der Waals surface area contributed by atoms with Gasteiger partial charge in [-0.05, 0) is 43.7 Å². The number of rotatable bonds is 8. The third kappa shape index (κ3) is 8.29. The van der Waals surface area contributed by atoms with E-state index in [-0.39, 0.29) is 29.9 Å². The van der Waals surface area contributed by atoms with Gasteiger partial charge in [-0.15, -0.1) is 24.0 Å². The fourth-order valence-corrected chi connectivity index (χ4v) is 4.43. The maximum Gasteiger partial charge on any atom is 0.234 e. The fraction of sp³-hybridized carbons (Fsp3) is 0.739. The van der Waals surface area contributed by atoms with Crippen molar-refractivity contribution < 1.29 is 9.21 Å². The maximum absolute atomic E-state index is 12.1. The Hall–Kier alpha value is -1.29. The Labute approximate surface area is 203 Å². The largest absolute Gasteiger partial charge is 0.469 e. The molecule has 2 heterocycles. The van der Waals surface area contributed by atoms with Crippen LogP contribution >= 0.6 is 24.0 Å². The lowest BCUT2D eigenvalue weighted by Crippen LogP contribution is -2.54. The number of halogens is 1. The van der Waals surface area contributed by atoms with Crippen molar-refractivity contribution >= 4 is 35.8 Å². The summed E-state index contributed by atoms with van der Waals surface area (Å²) in [5.41, 5.74) is 0. The van der Waals surface area contributed by atoms with Gasteiger partial charge in [0.05, 0.1) is 12.8 Å². The van der Waals surface area contributed by atoms with Crippen molar-refractivity contribution in [2.24, 2.45) is 10.9 Å². The highest BCUT2D eigenvalue weighted by atomic mass is 127. The van der Waals surface area contributed by atoms with Gasteiger partial charge in [0.1, 0.15) is 5.76 Å². The average Bonchev–Trinajstić information content (AvgIpc) is 3.42. The lowest BCUT2D eigenvalue weighted by Gasteiger charge is -2.36. The third-order valence-electron chi connectivity index (χ3n) is 6.44. The Kier molecular flexibility index (Phi) is 9.95. The smallest absolute Gasteiger partial charge is 0.234 e. The topological polar surface area (TPSA) is 73.1 Å². The lowest BCUT2D eigenvalue weighted by atomic mass is 9.89. The van der Waals surface area contributed by atoms with Gasteiger partial charge in [-0.25, -0.2) is 0 Å². The highest BCUT2D eigenvalue weighted by molar-refractivity contribution is 14.0. The number of amides is 1. The van der Waals surface area contributed by atoms with Gasteiger partial charge in [-0.2, -0.15) is 0 Å². The molecule has 2 N–H and O–H groups in total. The number of aliphatic imine (C=N–C) groups is 1. The van der Waals surface area contributed by atoms with Crippen molar-refractivity contribution in [3.8, 4) is 0 Å². The van der Waals surface area contributed by atoms with Gasteiger partial charge in [0.25, 0.3) is 0 Å². The molecule has 1 aromatic heterocycles. The molecule has 3 fully saturated rings. The first-order valence-electron chi connectivity index (χ1n) is 11.8. The molecule has 31 heavy (non-hydrogen) atoms. The summed E-state index contributed by atoms with van der Waals surface area (Å²) in [4.78, 5) is 21.7. The second kappa shape index (κ2) is 12.7. The average molecular weight is 543 g/mol. The maximum atomic E-state index is 12.1. The van der Waals surface area contributed by atoms with Crippen molar-refractivity contribution in [3.63, 3.8) is 0 Å². The molecule has 3 aliphatic rings. The normalized spacial score (nSPS) is 20.9. The van der Waals surface area contributed by atoms with Crippen molar-refractivity contribution in [1.29, 1.82) is 0 Å². The molecular weight excluding hydrogens is 505 g/mol. The van der Waals surface area contributed by atoms with Crippen molar-refractivity contribution in [2.45, 2.75) is 57.4 Å². The molecule has 0 aromatic carbocycles. The van der Waals surface area contributed by atoms with Gasteiger partial charge in [-0.1, -0.05) is 19.3 Å². The van der Waals surface area contributed by atoms with Crippen molar-refractivity contribution in [3.05, 3.63) is 24.2 Å². The van der Waals surface area contributed by atoms with Crippen LogP contribution in [0.5, 0.6) is 0 Å². The molecule has 1 aliphatic heterocycles. The summed E-state index contributed by atoms with van der Waals surface area (Å²) in [6.07, 6.45) is 11.6. The second-order valence-electron chi connectivity index (χ2n) is 9.03. The van der Waals surface area contributed by atoms with Gasteiger partial charge < -0.3 is 20.0 Å². The van der Waals surface area contributed by atoms with Crippen LogP contribution in [-0.4, -0.2) is 73.5 Å². The number of guanidine groups is 1. The summed E-state index contributed by atoms with van der Waals surface area (Å²) in [5.74, 6) is 2.93. The monoisotopic (exact) mass is 543 g/mol. The van der Waals surface area contributed by atoms with Gasteiger partial charge in [0, 0.05) is 51.7 Å². The molecule has 2 saturated carbocycles. The van der Waals surface area contributed by atoms with Crippen molar-refractivity contribution in [1.82, 2.24) is 20.4 Å². The van der Waals surface area contributed by atoms with E-state index in [9.17, 15) is 4.79 Å². The zero-order chi connectivity index (χ0) is 20.6. The van der Waals surface area contributed by atoms with E-state index in [1.165, 1.54) is 32.1 Å². The molecule has 2 aliphatic carbocycles. The zero-order valence-corrected chi connectivity index (χ0v) is 20.9. The summed E-state index contributed by atoms with van der Waals surface area (Å²) in [6.45, 7) is 5.89. The summed E-state index contributed by atoms with van der Waals surface area (Å²) in [7, 11) is 0. The number of carbonyl (C=O) groups is 1. The molecule has 0 atom stereocenters. The molecule has 4 rings (SSSR count). The predicted molar refractivity (Wildman–Crippen MR) is 134 cm³/mol. The van der Waals surface area contributed by atoms with E-state index in [1.54, 1.807) is 6.26 Å². The van der Waals surface area contributed by atoms with Crippen LogP contribution in [0.4, 0.5) is 0 Å². The molecule has 0 bridgehead atoms. The van der Waals surface area contributed by atoms with Crippen LogP contribution in [0.25, 0.3) is 0 Å². The number of nitrogens with one attached hydrogen (secondary N) is 2. The summed E-state index contributed by atoms with van der Waals surface area (Å²) in [6, 6.07) is 4.40. The Bertz CT molecular complexity index is 678. The number of hydrogen-bond acceptors (Lipinski definition) is 4. The second-order valence-corrected chi connectivity index (χ2v) is 9.03. The molecule has 174 valence electrons. The first kappa shape index (κ1) is 24.4. The van der Waals surface area contributed by atoms with Crippen LogP contribution in [0.2, 0.25) is 0 Å². The van der Waals surface area contributed by atoms with Crippen LogP contribution in [0, 0.1) is 5.92 Å². The van der Waals surface area contributed by atoms with Crippen LogP contribution < -0.4 is 10.6 Å². The van der Waals surface area contributed by atoms with E-state index in [0.29, 0.717) is 12.6 Å². The third-order valence-corrected chi connectivity index (χ3v) is 6.44. The highest BCUT2D eigenvalue weighted by Crippen LogP contribution is 2.23. The minimum Gasteiger partial charge on any atom is -0.469 e. The van der Waals surface area contributed by atoms with Crippen LogP contribution in [0.3, 0.4) is 0 Å². The number of furan rings is 1. The van der Waals surface area contributed by atoms with Crippen LogP contribution in [0.1, 0.15) is 50.7 Å². The summed E-state index contributed by atoms with van der Waals surface area (Å²) in [5, 5.41) is 6.67. The predicted octanol–water partition coefficient (Wildman–Crippen LogP) is 2.86. The molecule has 1 amide bonds. The molecule has 8 heteroatoms. The van der Waals surface area contributed by atoms with Gasteiger partial charge in [-0.3, -0.25) is 14.7 Å². The number of carbonyl (C=O) groups excluding carboxylic acids is 1. The minimum absolute atomic E-state index is 0. The minimum atomic E-state index is 0. The van der Waals surface area contributed by atoms with Gasteiger partial charge in [0.15, 0.2) is 5.96 Å². The van der Waals surface area contributed by atoms with Crippen LogP contribution in [-0.2, 0) is 11.2 Å². The Morgan fingerprint density at radius 3 is 2.55 bits per heavy atom. The SMILES string of the molecule is I.O=C(CN1CCN(C(=NCC2CCCCC2)NCCc2ccco2)CC1)NC1CC1. The van der Waals surface area contributed by atoms with Crippen LogP contribution in [0.15, 0.2) is 27.8 Å². The van der Waals surface area contributed by atoms with E-state index in [0.717, 1.165) is 76.2 Å². The molecule has 0 spiro atoms. The molecule has 1 saturated heterocycles. The number of nitrogens with zero attached hydrogens (tertiary/aromatic N) is 3. The first-order valence-corrected chi connectivity index (χ1v) is 11.8. The quantitative estimate of drug-likeness (QED) is 0.300. The number of hydrogen-bond donors (Lipinski definition) is 2. The van der Waals surface area contributed by atoms with E-state index in [1.807, 2.05) is 12.1 Å². The van der Waals surface area contributed by atoms with E-state index in [2.05, 4.69) is 20.4 Å². The Morgan fingerprint density at radius 1 is 1.10 bits per heavy atom. The Morgan fingerprint density at radius 2 is 1.87 bits per heavy atom. The summed E-state index contributed by atoms with van der Waals surface area (Å²) >= 11 is 0. The molecule has 0 radical (unpaired) electrons. The zero-order valence-electron chi connectivity index (χ0n) is 18.6. The lowest BCUT2D eigenvalue weighted by molar-refractivity contribution is -0.122. The van der Waals surface area contributed by atoms with E-state index in [4.69, 9.17) is 9.41 Å².